The van der Waals surface area contributed by atoms with Gasteiger partial charge < -0.3 is 19.5 Å². The number of piperidine rings is 1. The molecule has 1 aromatic heterocycles. The number of para-hydroxylation sites is 1. The number of hydrogen-bond acceptors (Lipinski definition) is 4. The van der Waals surface area contributed by atoms with Gasteiger partial charge in [0, 0.05) is 25.5 Å². The molecule has 25 heavy (non-hydrogen) atoms. The molecule has 3 heterocycles. The summed E-state index contributed by atoms with van der Waals surface area (Å²) in [5, 5.41) is 2.79. The molecule has 2 amide bonds. The summed E-state index contributed by atoms with van der Waals surface area (Å²) >= 11 is 0. The van der Waals surface area contributed by atoms with Crippen molar-refractivity contribution in [3.8, 4) is 5.75 Å². The molecule has 0 aliphatic carbocycles. The first kappa shape index (κ1) is 15.7. The third kappa shape index (κ3) is 2.86. The minimum Gasteiger partial charge on any atom is -0.478 e. The smallest absolute Gasteiger partial charge is 0.265 e. The second-order valence-electron chi connectivity index (χ2n) is 6.49. The zero-order chi connectivity index (χ0) is 17.4. The Bertz CT molecular complexity index is 803. The number of benzene rings is 1. The van der Waals surface area contributed by atoms with Crippen LogP contribution in [0.25, 0.3) is 0 Å². The standard InChI is InChI=1S/C18H20N4O3/c1-12-17(23)20-15-6-2-5-14(16(15)25-12)18(24)21-8-3-4-13(10-21)22-9-7-19-11-22/h2,5-7,9,11-13H,3-4,8,10H2,1H3,(H,20,23)/t12-,13+/m1/s1. The lowest BCUT2D eigenvalue weighted by Crippen LogP contribution is -2.41. The summed E-state index contributed by atoms with van der Waals surface area (Å²) in [6.45, 7) is 3.03. The Morgan fingerprint density at radius 2 is 2.28 bits per heavy atom. The van der Waals surface area contributed by atoms with E-state index in [2.05, 4.69) is 14.9 Å². The quantitative estimate of drug-likeness (QED) is 0.908. The van der Waals surface area contributed by atoms with Crippen molar-refractivity contribution in [2.45, 2.75) is 31.9 Å². The van der Waals surface area contributed by atoms with Gasteiger partial charge in [0.25, 0.3) is 11.8 Å². The first-order chi connectivity index (χ1) is 12.1. The van der Waals surface area contributed by atoms with Crippen LogP contribution in [0.5, 0.6) is 5.75 Å². The first-order valence-corrected chi connectivity index (χ1v) is 8.51. The van der Waals surface area contributed by atoms with Crippen LogP contribution in [0.2, 0.25) is 0 Å². The summed E-state index contributed by atoms with van der Waals surface area (Å²) in [5.41, 5.74) is 1.05. The number of carbonyl (C=O) groups is 2. The van der Waals surface area contributed by atoms with Gasteiger partial charge in [-0.25, -0.2) is 4.98 Å². The van der Waals surface area contributed by atoms with E-state index in [1.165, 1.54) is 0 Å². The fourth-order valence-electron chi connectivity index (χ4n) is 3.43. The Balaban J connectivity index is 1.59. The minimum atomic E-state index is -0.610. The highest BCUT2D eigenvalue weighted by Gasteiger charge is 2.31. The zero-order valence-corrected chi connectivity index (χ0v) is 14.0. The van der Waals surface area contributed by atoms with Crippen molar-refractivity contribution >= 4 is 17.5 Å². The summed E-state index contributed by atoms with van der Waals surface area (Å²) in [6.07, 6.45) is 6.84. The van der Waals surface area contributed by atoms with Crippen molar-refractivity contribution < 1.29 is 14.3 Å². The molecule has 0 bridgehead atoms. The first-order valence-electron chi connectivity index (χ1n) is 8.51. The molecule has 1 aromatic carbocycles. The maximum Gasteiger partial charge on any atom is 0.265 e. The molecule has 0 unspecified atom stereocenters. The highest BCUT2D eigenvalue weighted by Crippen LogP contribution is 2.35. The lowest BCUT2D eigenvalue weighted by molar-refractivity contribution is -0.122. The number of aromatic nitrogens is 2. The summed E-state index contributed by atoms with van der Waals surface area (Å²) in [4.78, 5) is 30.8. The average molecular weight is 340 g/mol. The third-order valence-corrected chi connectivity index (χ3v) is 4.80. The van der Waals surface area contributed by atoms with Crippen LogP contribution >= 0.6 is 0 Å². The van der Waals surface area contributed by atoms with Crippen LogP contribution in [-0.4, -0.2) is 45.5 Å². The molecule has 7 nitrogen and oxygen atoms in total. The summed E-state index contributed by atoms with van der Waals surface area (Å²) in [7, 11) is 0. The largest absolute Gasteiger partial charge is 0.478 e. The normalized spacial score (nSPS) is 22.8. The highest BCUT2D eigenvalue weighted by molar-refractivity contribution is 6.04. The number of carbonyl (C=O) groups excluding carboxylic acids is 2. The van der Waals surface area contributed by atoms with Gasteiger partial charge in [-0.1, -0.05) is 6.07 Å². The van der Waals surface area contributed by atoms with E-state index in [9.17, 15) is 9.59 Å². The summed E-state index contributed by atoms with van der Waals surface area (Å²) in [5.74, 6) is 0.199. The van der Waals surface area contributed by atoms with Crippen LogP contribution in [0.3, 0.4) is 0 Å². The van der Waals surface area contributed by atoms with Gasteiger partial charge in [-0.3, -0.25) is 9.59 Å². The van der Waals surface area contributed by atoms with E-state index >= 15 is 0 Å². The minimum absolute atomic E-state index is 0.0648. The SMILES string of the molecule is C[C@H]1Oc2c(cccc2C(=O)N2CCC[C@H](n3ccnc3)C2)NC1=O. The molecule has 2 aromatic rings. The van der Waals surface area contributed by atoms with Gasteiger partial charge in [0.05, 0.1) is 23.6 Å². The van der Waals surface area contributed by atoms with Crippen LogP contribution in [0.1, 0.15) is 36.2 Å². The number of ether oxygens (including phenoxy) is 1. The molecule has 2 aliphatic heterocycles. The van der Waals surface area contributed by atoms with Gasteiger partial charge in [0.1, 0.15) is 0 Å². The number of hydrogen-bond donors (Lipinski definition) is 1. The Labute approximate surface area is 145 Å². The van der Waals surface area contributed by atoms with Crippen LogP contribution < -0.4 is 10.1 Å². The lowest BCUT2D eigenvalue weighted by atomic mass is 10.0. The number of likely N-dealkylation sites (tertiary alicyclic amines) is 1. The van der Waals surface area contributed by atoms with Crippen molar-refractivity contribution in [2.75, 3.05) is 18.4 Å². The Hall–Kier alpha value is -2.83. The molecule has 2 atom stereocenters. The number of nitrogens with one attached hydrogen (secondary N) is 1. The zero-order valence-electron chi connectivity index (χ0n) is 14.0. The second kappa shape index (κ2) is 6.23. The maximum atomic E-state index is 13.1. The number of imidazole rings is 1. The van der Waals surface area contributed by atoms with Gasteiger partial charge >= 0.3 is 0 Å². The molecule has 130 valence electrons. The Kier molecular flexibility index (Phi) is 3.91. The molecule has 0 spiro atoms. The Morgan fingerprint density at radius 3 is 3.08 bits per heavy atom. The van der Waals surface area contributed by atoms with Crippen LogP contribution in [0, 0.1) is 0 Å². The van der Waals surface area contributed by atoms with Crippen LogP contribution in [0.4, 0.5) is 5.69 Å². The van der Waals surface area contributed by atoms with Crippen molar-refractivity contribution in [2.24, 2.45) is 0 Å². The maximum absolute atomic E-state index is 13.1. The van der Waals surface area contributed by atoms with Gasteiger partial charge in [-0.05, 0) is 31.9 Å². The average Bonchev–Trinajstić information content (AvgIpc) is 3.16. The number of fused-ring (bicyclic) bond motifs is 1. The predicted molar refractivity (Wildman–Crippen MR) is 91.6 cm³/mol. The number of amides is 2. The van der Waals surface area contributed by atoms with E-state index in [0.29, 0.717) is 23.5 Å². The Morgan fingerprint density at radius 1 is 1.40 bits per heavy atom. The predicted octanol–water partition coefficient (Wildman–Crippen LogP) is 2.08. The molecule has 1 N–H and O–H groups in total. The lowest BCUT2D eigenvalue weighted by Gasteiger charge is -2.34. The van der Waals surface area contributed by atoms with E-state index in [-0.39, 0.29) is 17.9 Å². The van der Waals surface area contributed by atoms with Crippen molar-refractivity contribution in [1.82, 2.24) is 14.5 Å². The highest BCUT2D eigenvalue weighted by atomic mass is 16.5. The topological polar surface area (TPSA) is 76.5 Å². The molecule has 0 radical (unpaired) electrons. The number of nitrogens with zero attached hydrogens (tertiary/aromatic N) is 3. The molecule has 1 saturated heterocycles. The third-order valence-electron chi connectivity index (χ3n) is 4.80. The van der Waals surface area contributed by atoms with E-state index < -0.39 is 6.10 Å². The molecule has 2 aliphatic rings. The van der Waals surface area contributed by atoms with Crippen molar-refractivity contribution in [1.29, 1.82) is 0 Å². The molecule has 0 saturated carbocycles. The van der Waals surface area contributed by atoms with Gasteiger partial charge in [0.15, 0.2) is 11.9 Å². The number of anilines is 1. The molecule has 1 fully saturated rings. The van der Waals surface area contributed by atoms with Crippen LogP contribution in [-0.2, 0) is 4.79 Å². The van der Waals surface area contributed by atoms with E-state index in [1.54, 1.807) is 37.6 Å². The van der Waals surface area contributed by atoms with E-state index in [4.69, 9.17) is 4.74 Å². The molecular weight excluding hydrogens is 320 g/mol. The van der Waals surface area contributed by atoms with E-state index in [0.717, 1.165) is 19.4 Å². The van der Waals surface area contributed by atoms with Crippen molar-refractivity contribution in [3.05, 3.63) is 42.5 Å². The van der Waals surface area contributed by atoms with E-state index in [1.807, 2.05) is 11.1 Å². The summed E-state index contributed by atoms with van der Waals surface area (Å²) in [6, 6.07) is 5.51. The fourth-order valence-corrected chi connectivity index (χ4v) is 3.43. The molecule has 7 heteroatoms. The van der Waals surface area contributed by atoms with Gasteiger partial charge in [0.2, 0.25) is 0 Å². The monoisotopic (exact) mass is 340 g/mol. The summed E-state index contributed by atoms with van der Waals surface area (Å²) < 4.78 is 7.77. The van der Waals surface area contributed by atoms with Gasteiger partial charge in [-0.2, -0.15) is 0 Å². The molecule has 4 rings (SSSR count). The van der Waals surface area contributed by atoms with Crippen molar-refractivity contribution in [3.63, 3.8) is 0 Å². The van der Waals surface area contributed by atoms with Gasteiger partial charge in [-0.15, -0.1) is 0 Å². The van der Waals surface area contributed by atoms with Crippen LogP contribution in [0.15, 0.2) is 36.9 Å². The second-order valence-corrected chi connectivity index (χ2v) is 6.49. The number of rotatable bonds is 2. The fraction of sp³-hybridized carbons (Fsp3) is 0.389. The molecular formula is C18H20N4O3.